The van der Waals surface area contributed by atoms with Gasteiger partial charge in [-0.1, -0.05) is 6.07 Å². The Bertz CT molecular complexity index is 959. The number of hydrogen-bond acceptors (Lipinski definition) is 4. The van der Waals surface area contributed by atoms with Gasteiger partial charge >= 0.3 is 0 Å². The van der Waals surface area contributed by atoms with Gasteiger partial charge in [0, 0.05) is 48.5 Å². The number of hydrogen-bond donors (Lipinski definition) is 3. The molecule has 2 amide bonds. The number of anilines is 2. The summed E-state index contributed by atoms with van der Waals surface area (Å²) in [7, 11) is 0. The summed E-state index contributed by atoms with van der Waals surface area (Å²) in [6.07, 6.45) is 6.91. The van der Waals surface area contributed by atoms with Crippen LogP contribution in [0.4, 0.5) is 11.4 Å². The quantitative estimate of drug-likeness (QED) is 0.559. The van der Waals surface area contributed by atoms with E-state index in [9.17, 15) is 14.4 Å². The lowest BCUT2D eigenvalue weighted by Crippen LogP contribution is -2.15. The van der Waals surface area contributed by atoms with Crippen LogP contribution < -0.4 is 10.6 Å². The van der Waals surface area contributed by atoms with Crippen molar-refractivity contribution in [3.8, 4) is 0 Å². The predicted octanol–water partition coefficient (Wildman–Crippen LogP) is 2.69. The number of nitrogens with zero attached hydrogens (tertiary/aromatic N) is 2. The Morgan fingerprint density at radius 3 is 2.59 bits per heavy atom. The number of aromatic amines is 1. The predicted molar refractivity (Wildman–Crippen MR) is 101 cm³/mol. The van der Waals surface area contributed by atoms with Crippen LogP contribution >= 0.6 is 0 Å². The van der Waals surface area contributed by atoms with Crippen LogP contribution in [0.15, 0.2) is 55.2 Å². The van der Waals surface area contributed by atoms with Gasteiger partial charge in [-0.25, -0.2) is 4.98 Å². The first-order valence-corrected chi connectivity index (χ1v) is 8.37. The number of aryl methyl sites for hydroxylation is 1. The second-order valence-electron chi connectivity index (χ2n) is 5.99. The van der Waals surface area contributed by atoms with Gasteiger partial charge in [0.25, 0.3) is 5.91 Å². The van der Waals surface area contributed by atoms with Crippen LogP contribution in [0.1, 0.15) is 34.2 Å². The third kappa shape index (κ3) is 4.91. The number of H-pyrrole nitrogens is 1. The topological polar surface area (TPSA) is 109 Å². The maximum absolute atomic E-state index is 12.3. The molecule has 3 rings (SSSR count). The number of carbonyl (C=O) groups excluding carboxylic acids is 3. The Hall–Kier alpha value is -3.68. The second-order valence-corrected chi connectivity index (χ2v) is 5.99. The van der Waals surface area contributed by atoms with E-state index in [0.717, 1.165) is 0 Å². The number of rotatable bonds is 7. The molecule has 8 heteroatoms. The Labute approximate surface area is 155 Å². The highest BCUT2D eigenvalue weighted by molar-refractivity contribution is 6.05. The van der Waals surface area contributed by atoms with E-state index >= 15 is 0 Å². The molecule has 0 saturated carbocycles. The number of amides is 2. The highest BCUT2D eigenvalue weighted by atomic mass is 16.2. The molecule has 3 N–H and O–H groups in total. The van der Waals surface area contributed by atoms with E-state index < -0.39 is 0 Å². The molecule has 2 heterocycles. The monoisotopic (exact) mass is 365 g/mol. The van der Waals surface area contributed by atoms with Crippen molar-refractivity contribution in [2.24, 2.45) is 0 Å². The fourth-order valence-electron chi connectivity index (χ4n) is 2.47. The van der Waals surface area contributed by atoms with Gasteiger partial charge in [-0.3, -0.25) is 14.4 Å². The zero-order chi connectivity index (χ0) is 19.2. The molecule has 0 aliphatic heterocycles. The molecular weight excluding hydrogens is 346 g/mol. The minimum absolute atomic E-state index is 0.120. The minimum atomic E-state index is -0.369. The zero-order valence-corrected chi connectivity index (χ0v) is 14.7. The van der Waals surface area contributed by atoms with Gasteiger partial charge in [0.05, 0.1) is 6.33 Å². The van der Waals surface area contributed by atoms with Crippen molar-refractivity contribution < 1.29 is 14.4 Å². The summed E-state index contributed by atoms with van der Waals surface area (Å²) in [5.41, 5.74) is 1.85. The summed E-state index contributed by atoms with van der Waals surface area (Å²) in [6.45, 7) is 1.97. The van der Waals surface area contributed by atoms with Crippen LogP contribution in [-0.4, -0.2) is 32.1 Å². The maximum Gasteiger partial charge on any atom is 0.272 e. The minimum Gasteiger partial charge on any atom is -0.356 e. The molecule has 0 radical (unpaired) electrons. The van der Waals surface area contributed by atoms with Crippen molar-refractivity contribution in [2.45, 2.75) is 19.9 Å². The Kier molecular flexibility index (Phi) is 5.46. The van der Waals surface area contributed by atoms with E-state index in [0.29, 0.717) is 29.9 Å². The standard InChI is InChI=1S/C19H19N5O3/c1-13(25)14-9-17(21-11-14)19(27)23-16-4-2-3-15(10-16)22-18(26)5-7-24-8-6-20-12-24/h2-4,6,8-12,21H,5,7H2,1H3,(H,22,26)(H,23,27). The van der Waals surface area contributed by atoms with Gasteiger partial charge in [-0.15, -0.1) is 0 Å². The van der Waals surface area contributed by atoms with Crippen LogP contribution in [0.2, 0.25) is 0 Å². The summed E-state index contributed by atoms with van der Waals surface area (Å²) >= 11 is 0. The molecule has 1 aromatic carbocycles. The Balaban J connectivity index is 1.58. The highest BCUT2D eigenvalue weighted by Gasteiger charge is 2.11. The van der Waals surface area contributed by atoms with Crippen LogP contribution in [0.25, 0.3) is 0 Å². The van der Waals surface area contributed by atoms with Crippen LogP contribution in [-0.2, 0) is 11.3 Å². The summed E-state index contributed by atoms with van der Waals surface area (Å²) < 4.78 is 1.82. The molecule has 3 aromatic rings. The van der Waals surface area contributed by atoms with Crippen molar-refractivity contribution in [1.82, 2.24) is 14.5 Å². The largest absolute Gasteiger partial charge is 0.356 e. The molecule has 27 heavy (non-hydrogen) atoms. The van der Waals surface area contributed by atoms with E-state index in [1.165, 1.54) is 19.2 Å². The van der Waals surface area contributed by atoms with Gasteiger partial charge in [-0.05, 0) is 31.2 Å². The first-order valence-electron chi connectivity index (χ1n) is 8.37. The van der Waals surface area contributed by atoms with Gasteiger partial charge < -0.3 is 20.2 Å². The average molecular weight is 365 g/mol. The lowest BCUT2D eigenvalue weighted by molar-refractivity contribution is -0.116. The number of Topliss-reactive ketones (excluding diaryl/α,β-unsaturated/α-hetero) is 1. The first kappa shape index (κ1) is 18.1. The fraction of sp³-hybridized carbons (Fsp3) is 0.158. The molecule has 0 saturated heterocycles. The second kappa shape index (κ2) is 8.13. The van der Waals surface area contributed by atoms with Crippen molar-refractivity contribution >= 4 is 29.0 Å². The molecule has 0 aliphatic rings. The smallest absolute Gasteiger partial charge is 0.272 e. The lowest BCUT2D eigenvalue weighted by atomic mass is 10.2. The number of carbonyl (C=O) groups is 3. The molecule has 8 nitrogen and oxygen atoms in total. The third-order valence-corrected chi connectivity index (χ3v) is 3.89. The van der Waals surface area contributed by atoms with E-state index in [1.807, 2.05) is 4.57 Å². The summed E-state index contributed by atoms with van der Waals surface area (Å²) in [5.74, 6) is -0.626. The number of ketones is 1. The van der Waals surface area contributed by atoms with Crippen molar-refractivity contribution in [3.63, 3.8) is 0 Å². The number of benzene rings is 1. The number of imidazole rings is 1. The SMILES string of the molecule is CC(=O)c1c[nH]c(C(=O)Nc2cccc(NC(=O)CCn3ccnc3)c2)c1. The molecule has 0 aliphatic carbocycles. The third-order valence-electron chi connectivity index (χ3n) is 3.89. The molecule has 0 spiro atoms. The van der Waals surface area contributed by atoms with Crippen LogP contribution in [0.3, 0.4) is 0 Å². The van der Waals surface area contributed by atoms with E-state index in [2.05, 4.69) is 20.6 Å². The van der Waals surface area contributed by atoms with Crippen molar-refractivity contribution in [3.05, 3.63) is 66.5 Å². The van der Waals surface area contributed by atoms with E-state index in [-0.39, 0.29) is 23.3 Å². The van der Waals surface area contributed by atoms with E-state index in [4.69, 9.17) is 0 Å². The zero-order valence-electron chi connectivity index (χ0n) is 14.7. The lowest BCUT2D eigenvalue weighted by Gasteiger charge is -2.09. The summed E-state index contributed by atoms with van der Waals surface area (Å²) in [4.78, 5) is 42.3. The highest BCUT2D eigenvalue weighted by Crippen LogP contribution is 2.16. The molecule has 0 atom stereocenters. The van der Waals surface area contributed by atoms with Gasteiger partial charge in [0.15, 0.2) is 5.78 Å². The van der Waals surface area contributed by atoms with Crippen molar-refractivity contribution in [2.75, 3.05) is 10.6 Å². The Morgan fingerprint density at radius 1 is 1.15 bits per heavy atom. The van der Waals surface area contributed by atoms with Gasteiger partial charge in [0.2, 0.25) is 5.91 Å². The van der Waals surface area contributed by atoms with Crippen LogP contribution in [0.5, 0.6) is 0 Å². The average Bonchev–Trinajstić information content (AvgIpc) is 3.32. The Morgan fingerprint density at radius 2 is 1.93 bits per heavy atom. The van der Waals surface area contributed by atoms with Gasteiger partial charge in [0.1, 0.15) is 5.69 Å². The molecule has 0 unspecified atom stereocenters. The van der Waals surface area contributed by atoms with Crippen molar-refractivity contribution in [1.29, 1.82) is 0 Å². The summed E-state index contributed by atoms with van der Waals surface area (Å²) in [6, 6.07) is 8.36. The molecule has 0 bridgehead atoms. The fourth-order valence-corrected chi connectivity index (χ4v) is 2.47. The molecular formula is C19H19N5O3. The molecule has 138 valence electrons. The van der Waals surface area contributed by atoms with E-state index in [1.54, 1.807) is 43.0 Å². The molecule has 2 aromatic heterocycles. The summed E-state index contributed by atoms with van der Waals surface area (Å²) in [5, 5.41) is 5.53. The number of nitrogens with one attached hydrogen (secondary N) is 3. The first-order chi connectivity index (χ1) is 13.0. The normalized spacial score (nSPS) is 10.4. The van der Waals surface area contributed by atoms with Gasteiger partial charge in [-0.2, -0.15) is 0 Å². The maximum atomic E-state index is 12.3. The van der Waals surface area contributed by atoms with Crippen LogP contribution in [0, 0.1) is 0 Å². The molecule has 0 fully saturated rings. The number of aromatic nitrogens is 3.